The van der Waals surface area contributed by atoms with E-state index in [0.717, 1.165) is 24.9 Å². The molecule has 1 fully saturated rings. The molecule has 0 unspecified atom stereocenters. The Morgan fingerprint density at radius 2 is 2.14 bits per heavy atom. The molecule has 5 nitrogen and oxygen atoms in total. The van der Waals surface area contributed by atoms with E-state index in [9.17, 15) is 10.1 Å². The Hall–Kier alpha value is -2.61. The van der Waals surface area contributed by atoms with Crippen molar-refractivity contribution in [3.05, 3.63) is 47.3 Å². The average molecular weight is 295 g/mol. The summed E-state index contributed by atoms with van der Waals surface area (Å²) in [7, 11) is 0. The zero-order valence-corrected chi connectivity index (χ0v) is 12.5. The highest BCUT2D eigenvalue weighted by Crippen LogP contribution is 2.28. The summed E-state index contributed by atoms with van der Waals surface area (Å²) in [6.07, 6.45) is 2.89. The molecule has 1 aromatic carbocycles. The van der Waals surface area contributed by atoms with Crippen molar-refractivity contribution in [3.63, 3.8) is 0 Å². The van der Waals surface area contributed by atoms with Crippen molar-refractivity contribution in [2.24, 2.45) is 5.92 Å². The van der Waals surface area contributed by atoms with Crippen LogP contribution in [0.25, 0.3) is 5.69 Å². The number of rotatable bonds is 4. The Labute approximate surface area is 129 Å². The molecule has 1 aliphatic carbocycles. The second-order valence-corrected chi connectivity index (χ2v) is 5.50. The number of hydrogen-bond acceptors (Lipinski definition) is 4. The Bertz CT molecular complexity index is 724. The molecule has 5 heteroatoms. The highest BCUT2D eigenvalue weighted by atomic mass is 16.5. The molecule has 0 bridgehead atoms. The number of benzene rings is 1. The molecule has 22 heavy (non-hydrogen) atoms. The molecule has 0 saturated heterocycles. The van der Waals surface area contributed by atoms with Gasteiger partial charge in [-0.2, -0.15) is 10.4 Å². The van der Waals surface area contributed by atoms with Crippen molar-refractivity contribution in [1.29, 1.82) is 5.26 Å². The highest BCUT2D eigenvalue weighted by molar-refractivity contribution is 5.73. The maximum atomic E-state index is 11.9. The van der Waals surface area contributed by atoms with Crippen molar-refractivity contribution >= 4 is 5.97 Å². The largest absolute Gasteiger partial charge is 0.459 e. The lowest BCUT2D eigenvalue weighted by Gasteiger charge is -2.23. The van der Waals surface area contributed by atoms with Crippen molar-refractivity contribution in [1.82, 2.24) is 9.78 Å². The molecular formula is C17H17N3O2. The van der Waals surface area contributed by atoms with Crippen molar-refractivity contribution in [3.8, 4) is 11.8 Å². The van der Waals surface area contributed by atoms with Gasteiger partial charge in [-0.15, -0.1) is 0 Å². The van der Waals surface area contributed by atoms with E-state index in [-0.39, 0.29) is 18.5 Å². The monoisotopic (exact) mass is 295 g/mol. The average Bonchev–Trinajstić information content (AvgIpc) is 2.80. The smallest absolute Gasteiger partial charge is 0.309 e. The van der Waals surface area contributed by atoms with Gasteiger partial charge in [0.2, 0.25) is 0 Å². The molecular weight excluding hydrogens is 278 g/mol. The first-order chi connectivity index (χ1) is 10.7. The number of ether oxygens (including phenoxy) is 1. The Morgan fingerprint density at radius 3 is 2.73 bits per heavy atom. The number of aryl methyl sites for hydroxylation is 1. The summed E-state index contributed by atoms with van der Waals surface area (Å²) >= 11 is 0. The van der Waals surface area contributed by atoms with Crippen LogP contribution >= 0.6 is 0 Å². The standard InChI is InChI=1S/C17H17N3O2/c1-12-15(10-18)16(11-22-17(21)13-6-5-7-13)20(19-12)14-8-3-2-4-9-14/h2-4,8-9,13H,5-7,11H2,1H3. The van der Waals surface area contributed by atoms with E-state index in [4.69, 9.17) is 4.74 Å². The van der Waals surface area contributed by atoms with Crippen LogP contribution in [0.1, 0.15) is 36.2 Å². The predicted molar refractivity (Wildman–Crippen MR) is 80.2 cm³/mol. The minimum absolute atomic E-state index is 0.0275. The van der Waals surface area contributed by atoms with Crippen LogP contribution in [0.3, 0.4) is 0 Å². The third-order valence-electron chi connectivity index (χ3n) is 4.06. The molecule has 0 amide bonds. The fraction of sp³-hybridized carbons (Fsp3) is 0.353. The van der Waals surface area contributed by atoms with Crippen molar-refractivity contribution in [2.75, 3.05) is 0 Å². The summed E-state index contributed by atoms with van der Waals surface area (Å²) in [5, 5.41) is 13.8. The molecule has 112 valence electrons. The van der Waals surface area contributed by atoms with Crippen LogP contribution in [-0.2, 0) is 16.1 Å². The second kappa shape index (κ2) is 6.02. The molecule has 0 radical (unpaired) electrons. The summed E-state index contributed by atoms with van der Waals surface area (Å²) in [6, 6.07) is 11.7. The first-order valence-electron chi connectivity index (χ1n) is 7.41. The lowest BCUT2D eigenvalue weighted by Crippen LogP contribution is -2.24. The summed E-state index contributed by atoms with van der Waals surface area (Å²) in [6.45, 7) is 1.86. The van der Waals surface area contributed by atoms with E-state index in [0.29, 0.717) is 17.0 Å². The van der Waals surface area contributed by atoms with Gasteiger partial charge in [0.25, 0.3) is 0 Å². The van der Waals surface area contributed by atoms with Crippen molar-refractivity contribution in [2.45, 2.75) is 32.8 Å². The topological polar surface area (TPSA) is 67.9 Å². The molecule has 2 aromatic rings. The number of esters is 1. The van der Waals surface area contributed by atoms with Crippen LogP contribution in [0.4, 0.5) is 0 Å². The van der Waals surface area contributed by atoms with E-state index in [1.807, 2.05) is 30.3 Å². The first kappa shape index (κ1) is 14.3. The second-order valence-electron chi connectivity index (χ2n) is 5.50. The van der Waals surface area contributed by atoms with Crippen LogP contribution in [0.15, 0.2) is 30.3 Å². The minimum atomic E-state index is -0.173. The number of carbonyl (C=O) groups is 1. The number of para-hydroxylation sites is 1. The van der Waals surface area contributed by atoms with Gasteiger partial charge in [-0.3, -0.25) is 4.79 Å². The maximum Gasteiger partial charge on any atom is 0.309 e. The summed E-state index contributed by atoms with van der Waals surface area (Å²) < 4.78 is 7.08. The van der Waals surface area contributed by atoms with Gasteiger partial charge in [0.05, 0.1) is 23.0 Å². The number of carbonyl (C=O) groups excluding carboxylic acids is 1. The fourth-order valence-electron chi connectivity index (χ4n) is 2.54. The summed E-state index contributed by atoms with van der Waals surface area (Å²) in [5.41, 5.74) is 2.59. The van der Waals surface area contributed by atoms with Gasteiger partial charge in [-0.1, -0.05) is 24.6 Å². The predicted octanol–water partition coefficient (Wildman–Crippen LogP) is 2.90. The van der Waals surface area contributed by atoms with Gasteiger partial charge >= 0.3 is 5.97 Å². The Kier molecular flexibility index (Phi) is 3.92. The normalized spacial score (nSPS) is 14.2. The van der Waals surface area contributed by atoms with Crippen LogP contribution in [-0.4, -0.2) is 15.7 Å². The van der Waals surface area contributed by atoms with Crippen LogP contribution in [0.2, 0.25) is 0 Å². The number of nitrogens with zero attached hydrogens (tertiary/aromatic N) is 3. The first-order valence-corrected chi connectivity index (χ1v) is 7.41. The van der Waals surface area contributed by atoms with E-state index >= 15 is 0 Å². The number of aromatic nitrogens is 2. The van der Waals surface area contributed by atoms with Crippen LogP contribution < -0.4 is 0 Å². The maximum absolute atomic E-state index is 11.9. The summed E-state index contributed by atoms with van der Waals surface area (Å²) in [5.74, 6) is -0.145. The van der Waals surface area contributed by atoms with Gasteiger partial charge < -0.3 is 4.74 Å². The number of hydrogen-bond donors (Lipinski definition) is 0. The quantitative estimate of drug-likeness (QED) is 0.813. The molecule has 0 atom stereocenters. The zero-order chi connectivity index (χ0) is 15.5. The van der Waals surface area contributed by atoms with E-state index in [1.54, 1.807) is 11.6 Å². The van der Waals surface area contributed by atoms with E-state index in [1.165, 1.54) is 0 Å². The lowest BCUT2D eigenvalue weighted by atomic mass is 9.86. The molecule has 3 rings (SSSR count). The number of nitriles is 1. The van der Waals surface area contributed by atoms with E-state index in [2.05, 4.69) is 11.2 Å². The summed E-state index contributed by atoms with van der Waals surface area (Å²) in [4.78, 5) is 11.9. The SMILES string of the molecule is Cc1nn(-c2ccccc2)c(COC(=O)C2CCC2)c1C#N. The van der Waals surface area contributed by atoms with Crippen LogP contribution in [0.5, 0.6) is 0 Å². The third kappa shape index (κ3) is 2.60. The molecule has 1 saturated carbocycles. The molecule has 0 aliphatic heterocycles. The van der Waals surface area contributed by atoms with E-state index < -0.39 is 0 Å². The molecule has 0 spiro atoms. The van der Waals surface area contributed by atoms with Crippen molar-refractivity contribution < 1.29 is 9.53 Å². The molecule has 1 aliphatic rings. The molecule has 0 N–H and O–H groups in total. The molecule has 1 heterocycles. The fourth-order valence-corrected chi connectivity index (χ4v) is 2.54. The van der Waals surface area contributed by atoms with Gasteiger partial charge in [0.15, 0.2) is 0 Å². The van der Waals surface area contributed by atoms with Gasteiger partial charge in [0, 0.05) is 0 Å². The van der Waals surface area contributed by atoms with Gasteiger partial charge in [0.1, 0.15) is 18.2 Å². The minimum Gasteiger partial charge on any atom is -0.459 e. The third-order valence-corrected chi connectivity index (χ3v) is 4.06. The lowest BCUT2D eigenvalue weighted by molar-refractivity contribution is -0.152. The van der Waals surface area contributed by atoms with Gasteiger partial charge in [-0.05, 0) is 31.9 Å². The highest BCUT2D eigenvalue weighted by Gasteiger charge is 2.27. The Balaban J connectivity index is 1.88. The molecule has 1 aromatic heterocycles. The van der Waals surface area contributed by atoms with Gasteiger partial charge in [-0.25, -0.2) is 4.68 Å². The Morgan fingerprint density at radius 1 is 1.41 bits per heavy atom. The van der Waals surface area contributed by atoms with Crippen LogP contribution in [0, 0.1) is 24.2 Å². The zero-order valence-electron chi connectivity index (χ0n) is 12.5.